The molecule has 0 spiro atoms. The summed E-state index contributed by atoms with van der Waals surface area (Å²) in [6.07, 6.45) is 3.72. The largest absolute Gasteiger partial charge is 0.748 e. The quantitative estimate of drug-likeness (QED) is 0.211. The van der Waals surface area contributed by atoms with Gasteiger partial charge in [0.05, 0.1) is 10.1 Å². The molecule has 3 aromatic rings. The van der Waals surface area contributed by atoms with Gasteiger partial charge in [0.25, 0.3) is 11.8 Å². The Labute approximate surface area is 217 Å². The number of nitrogens with zero attached hydrogens (tertiary/aromatic N) is 3. The first kappa shape index (κ1) is 26.9. The summed E-state index contributed by atoms with van der Waals surface area (Å²) in [7, 11) is -4.24. The third kappa shape index (κ3) is 7.20. The monoisotopic (exact) mass is 544 g/mol. The molecule has 4 rings (SSSR count). The van der Waals surface area contributed by atoms with Crippen LogP contribution in [0.3, 0.4) is 0 Å². The number of amides is 3. The fourth-order valence-electron chi connectivity index (χ4n) is 3.72. The predicted octanol–water partition coefficient (Wildman–Crippen LogP) is 1.43. The lowest BCUT2D eigenvalue weighted by atomic mass is 10.2. The van der Waals surface area contributed by atoms with Gasteiger partial charge >= 0.3 is 5.97 Å². The van der Waals surface area contributed by atoms with Crippen molar-refractivity contribution in [2.45, 2.75) is 45.1 Å². The number of fused-ring (bicyclic) bond motifs is 1. The Morgan fingerprint density at radius 2 is 1.79 bits per heavy atom. The summed E-state index contributed by atoms with van der Waals surface area (Å²) in [5, 5.41) is 3.19. The lowest BCUT2D eigenvalue weighted by Crippen LogP contribution is -2.33. The standard InChI is InChI=1S/C24H24N4O9S/c29-20(3-1-4-23(32)37-28-21(30)7-8-22(28)31)25-17-5-6-18-19(15-17)36-24(26-18)16-9-12-27(13-10-16)11-2-14-38(33,34)35/h5-6,9-10,12-13,15H,1-4,7-8,11,14H2,(H,33,34,35). The number of hydroxylamine groups is 2. The molecule has 0 aliphatic carbocycles. The van der Waals surface area contributed by atoms with Crippen LogP contribution in [0.2, 0.25) is 0 Å². The van der Waals surface area contributed by atoms with Crippen LogP contribution in [0.4, 0.5) is 5.69 Å². The third-order valence-electron chi connectivity index (χ3n) is 5.60. The molecule has 1 aliphatic rings. The number of carbonyl (C=O) groups is 4. The van der Waals surface area contributed by atoms with Gasteiger partial charge in [0.1, 0.15) is 12.1 Å². The SMILES string of the molecule is O=C(CCCC(=O)ON1C(=O)CCC1=O)Nc1ccc2nc(-c3cc[n+](CCCS(=O)(=O)[O-])cc3)oc2c1. The van der Waals surface area contributed by atoms with E-state index in [2.05, 4.69) is 10.3 Å². The number of oxazole rings is 1. The van der Waals surface area contributed by atoms with Crippen molar-refractivity contribution in [1.29, 1.82) is 0 Å². The number of hydrogen-bond acceptors (Lipinski definition) is 10. The number of hydrogen-bond donors (Lipinski definition) is 1. The molecule has 200 valence electrons. The van der Waals surface area contributed by atoms with E-state index in [0.29, 0.717) is 39.8 Å². The van der Waals surface area contributed by atoms with E-state index in [4.69, 9.17) is 9.25 Å². The highest BCUT2D eigenvalue weighted by Crippen LogP contribution is 2.26. The maximum absolute atomic E-state index is 12.3. The normalized spacial score (nSPS) is 13.8. The van der Waals surface area contributed by atoms with Crippen molar-refractivity contribution in [2.75, 3.05) is 11.1 Å². The number of nitrogens with one attached hydrogen (secondary N) is 1. The molecule has 1 saturated heterocycles. The first-order valence-corrected chi connectivity index (χ1v) is 13.4. The van der Waals surface area contributed by atoms with Crippen LogP contribution >= 0.6 is 0 Å². The number of pyridine rings is 1. The molecule has 14 heteroatoms. The molecule has 0 bridgehead atoms. The fraction of sp³-hybridized carbons (Fsp3) is 0.333. The third-order valence-corrected chi connectivity index (χ3v) is 6.39. The van der Waals surface area contributed by atoms with Gasteiger partial charge in [0, 0.05) is 67.3 Å². The van der Waals surface area contributed by atoms with E-state index in [-0.39, 0.29) is 44.4 Å². The molecule has 38 heavy (non-hydrogen) atoms. The van der Waals surface area contributed by atoms with Crippen molar-refractivity contribution >= 4 is 50.6 Å². The molecule has 0 atom stereocenters. The number of aryl methyl sites for hydroxylation is 1. The Morgan fingerprint density at radius 1 is 1.08 bits per heavy atom. The number of anilines is 1. The van der Waals surface area contributed by atoms with Crippen molar-refractivity contribution in [3.8, 4) is 11.5 Å². The zero-order chi connectivity index (χ0) is 27.3. The van der Waals surface area contributed by atoms with Crippen LogP contribution in [-0.2, 0) is 40.7 Å². The Bertz CT molecular complexity index is 1470. The molecule has 3 amide bonds. The van der Waals surface area contributed by atoms with E-state index in [1.807, 2.05) is 0 Å². The molecule has 3 heterocycles. The van der Waals surface area contributed by atoms with Crippen LogP contribution in [0.5, 0.6) is 0 Å². The number of benzene rings is 1. The van der Waals surface area contributed by atoms with Gasteiger partial charge in [0.2, 0.25) is 11.8 Å². The Balaban J connectivity index is 1.28. The van der Waals surface area contributed by atoms with Gasteiger partial charge in [-0.15, -0.1) is 5.06 Å². The molecular formula is C24H24N4O9S. The van der Waals surface area contributed by atoms with Gasteiger partial charge in [-0.1, -0.05) is 0 Å². The predicted molar refractivity (Wildman–Crippen MR) is 128 cm³/mol. The van der Waals surface area contributed by atoms with Gasteiger partial charge < -0.3 is 19.1 Å². The Hall–Kier alpha value is -4.17. The van der Waals surface area contributed by atoms with Crippen LogP contribution in [0.15, 0.2) is 47.1 Å². The van der Waals surface area contributed by atoms with Crippen molar-refractivity contribution < 1.29 is 46.0 Å². The lowest BCUT2D eigenvalue weighted by Gasteiger charge is -2.12. The van der Waals surface area contributed by atoms with Crippen molar-refractivity contribution in [3.63, 3.8) is 0 Å². The van der Waals surface area contributed by atoms with Gasteiger partial charge in [-0.05, 0) is 18.6 Å². The van der Waals surface area contributed by atoms with Crippen molar-refractivity contribution in [3.05, 3.63) is 42.7 Å². The summed E-state index contributed by atoms with van der Waals surface area (Å²) in [6, 6.07) is 8.47. The second kappa shape index (κ2) is 11.5. The highest BCUT2D eigenvalue weighted by atomic mass is 32.2. The molecule has 0 saturated carbocycles. The van der Waals surface area contributed by atoms with Crippen LogP contribution < -0.4 is 9.88 Å². The topological polar surface area (TPSA) is 180 Å². The van der Waals surface area contributed by atoms with E-state index in [1.54, 1.807) is 47.3 Å². The zero-order valence-electron chi connectivity index (χ0n) is 20.1. The highest BCUT2D eigenvalue weighted by molar-refractivity contribution is 7.85. The molecular weight excluding hydrogens is 520 g/mol. The summed E-state index contributed by atoms with van der Waals surface area (Å²) < 4.78 is 39.7. The van der Waals surface area contributed by atoms with E-state index in [1.165, 1.54) is 0 Å². The summed E-state index contributed by atoms with van der Waals surface area (Å²) in [4.78, 5) is 56.3. The van der Waals surface area contributed by atoms with Crippen LogP contribution in [0.1, 0.15) is 38.5 Å². The molecule has 1 aromatic carbocycles. The molecule has 2 aromatic heterocycles. The van der Waals surface area contributed by atoms with Crippen LogP contribution in [0.25, 0.3) is 22.6 Å². The Kier molecular flexibility index (Phi) is 8.12. The van der Waals surface area contributed by atoms with Crippen LogP contribution in [-0.4, -0.2) is 52.5 Å². The first-order chi connectivity index (χ1) is 18.1. The molecule has 0 unspecified atom stereocenters. The first-order valence-electron chi connectivity index (χ1n) is 11.8. The minimum Gasteiger partial charge on any atom is -0.748 e. The molecule has 1 aliphatic heterocycles. The average Bonchev–Trinajstić information content (AvgIpc) is 3.42. The van der Waals surface area contributed by atoms with E-state index in [0.717, 1.165) is 0 Å². The van der Waals surface area contributed by atoms with Crippen LogP contribution in [0, 0.1) is 0 Å². The Morgan fingerprint density at radius 3 is 2.47 bits per heavy atom. The summed E-state index contributed by atoms with van der Waals surface area (Å²) >= 11 is 0. The number of carbonyl (C=O) groups excluding carboxylic acids is 4. The second-order valence-corrected chi connectivity index (χ2v) is 10.1. The highest BCUT2D eigenvalue weighted by Gasteiger charge is 2.32. The van der Waals surface area contributed by atoms with Gasteiger partial charge in [-0.25, -0.2) is 22.8 Å². The van der Waals surface area contributed by atoms with Crippen molar-refractivity contribution in [1.82, 2.24) is 10.0 Å². The van der Waals surface area contributed by atoms with E-state index >= 15 is 0 Å². The smallest absolute Gasteiger partial charge is 0.333 e. The zero-order valence-corrected chi connectivity index (χ0v) is 20.9. The lowest BCUT2D eigenvalue weighted by molar-refractivity contribution is -0.696. The average molecular weight is 545 g/mol. The maximum Gasteiger partial charge on any atom is 0.333 e. The summed E-state index contributed by atoms with van der Waals surface area (Å²) in [5.41, 5.74) is 2.17. The minimum absolute atomic E-state index is 0.0110. The minimum atomic E-state index is -4.24. The van der Waals surface area contributed by atoms with Gasteiger partial charge in [-0.3, -0.25) is 14.4 Å². The van der Waals surface area contributed by atoms with Gasteiger partial charge in [0.15, 0.2) is 18.0 Å². The summed E-state index contributed by atoms with van der Waals surface area (Å²) in [5.74, 6) is -2.31. The van der Waals surface area contributed by atoms with Crippen molar-refractivity contribution in [2.24, 2.45) is 0 Å². The maximum atomic E-state index is 12.3. The van der Waals surface area contributed by atoms with E-state index < -0.39 is 33.7 Å². The second-order valence-electron chi connectivity index (χ2n) is 8.59. The number of rotatable bonds is 11. The number of imide groups is 1. The molecule has 1 N–H and O–H groups in total. The fourth-order valence-corrected chi connectivity index (χ4v) is 4.20. The molecule has 13 nitrogen and oxygen atoms in total. The van der Waals surface area contributed by atoms with Gasteiger partial charge in [-0.2, -0.15) is 0 Å². The van der Waals surface area contributed by atoms with E-state index in [9.17, 15) is 32.1 Å². The summed E-state index contributed by atoms with van der Waals surface area (Å²) in [6.45, 7) is 0.372. The molecule has 1 fully saturated rings. The number of aromatic nitrogens is 2. The molecule has 0 radical (unpaired) electrons.